The zero-order valence-corrected chi connectivity index (χ0v) is 3.97. The molecule has 1 aromatic heterocycles. The van der Waals surface area contributed by atoms with Crippen LogP contribution in [0.2, 0.25) is 0 Å². The Morgan fingerprint density at radius 1 is 1.38 bits per heavy atom. The molecule has 0 aliphatic carbocycles. The molecule has 0 aliphatic rings. The summed E-state index contributed by atoms with van der Waals surface area (Å²) in [6, 6.07) is 1.24. The second-order valence-electron chi connectivity index (χ2n) is 1.30. The molecule has 0 saturated heterocycles. The number of H-pyrrole nitrogens is 2. The van der Waals surface area contributed by atoms with Crippen LogP contribution in [-0.4, -0.2) is 9.97 Å². The van der Waals surface area contributed by atoms with E-state index >= 15 is 0 Å². The van der Waals surface area contributed by atoms with Crippen LogP contribution in [0, 0.1) is 0 Å². The van der Waals surface area contributed by atoms with Gasteiger partial charge in [-0.3, -0.25) is 9.78 Å². The number of nitrogens with one attached hydrogen (secondary N) is 2. The average Bonchev–Trinajstić information content (AvgIpc) is 1.64. The van der Waals surface area contributed by atoms with Crippen molar-refractivity contribution in [2.75, 3.05) is 0 Å². The van der Waals surface area contributed by atoms with E-state index in [1.807, 2.05) is 4.98 Å². The van der Waals surface area contributed by atoms with Gasteiger partial charge in [-0.05, 0) is 0 Å². The number of aromatic amines is 2. The first-order valence-electron chi connectivity index (χ1n) is 2.07. The molecule has 8 heavy (non-hydrogen) atoms. The molecule has 0 bridgehead atoms. The van der Waals surface area contributed by atoms with E-state index in [4.69, 9.17) is 0 Å². The van der Waals surface area contributed by atoms with Crippen molar-refractivity contribution in [3.05, 3.63) is 33.1 Å². The highest BCUT2D eigenvalue weighted by Crippen LogP contribution is 1.51. The second-order valence-corrected chi connectivity index (χ2v) is 1.30. The Kier molecular flexibility index (Phi) is 0.997. The van der Waals surface area contributed by atoms with Gasteiger partial charge in [0.15, 0.2) is 0 Å². The van der Waals surface area contributed by atoms with Crippen LogP contribution in [0.25, 0.3) is 0 Å². The smallest absolute Gasteiger partial charge is 0.314 e. The molecule has 1 heterocycles. The van der Waals surface area contributed by atoms with E-state index in [1.165, 1.54) is 12.3 Å². The van der Waals surface area contributed by atoms with E-state index < -0.39 is 5.69 Å². The van der Waals surface area contributed by atoms with E-state index in [2.05, 4.69) is 4.98 Å². The van der Waals surface area contributed by atoms with Crippen LogP contribution in [0.5, 0.6) is 0 Å². The fraction of sp³-hybridized carbons (Fsp3) is 0. The van der Waals surface area contributed by atoms with Crippen LogP contribution in [0.1, 0.15) is 0 Å². The van der Waals surface area contributed by atoms with Gasteiger partial charge in [0, 0.05) is 12.3 Å². The van der Waals surface area contributed by atoms with Crippen molar-refractivity contribution in [2.24, 2.45) is 0 Å². The quantitative estimate of drug-likeness (QED) is 0.456. The number of hydrogen-bond donors (Lipinski definition) is 2. The lowest BCUT2D eigenvalue weighted by atomic mass is 10.7. The maximum absolute atomic E-state index is 10.2. The van der Waals surface area contributed by atoms with E-state index in [0.29, 0.717) is 0 Å². The minimum Gasteiger partial charge on any atom is -0.314 e. The van der Waals surface area contributed by atoms with Crippen LogP contribution in [0.3, 0.4) is 0 Å². The SMILES string of the molecule is O=c1cc[nH][13c](=O)[nH]1. The molecule has 0 amide bonds. The van der Waals surface area contributed by atoms with Crippen molar-refractivity contribution in [1.82, 2.24) is 9.97 Å². The summed E-state index contributed by atoms with van der Waals surface area (Å²) < 4.78 is 0. The molecule has 1 rings (SSSR count). The van der Waals surface area contributed by atoms with Crippen molar-refractivity contribution in [3.63, 3.8) is 0 Å². The van der Waals surface area contributed by atoms with Gasteiger partial charge in [0.2, 0.25) is 0 Å². The molecule has 0 spiro atoms. The summed E-state index contributed by atoms with van der Waals surface area (Å²) >= 11 is 0. The number of rotatable bonds is 0. The summed E-state index contributed by atoms with van der Waals surface area (Å²) in [5.41, 5.74) is -0.855. The van der Waals surface area contributed by atoms with Crippen LogP contribution in [0.4, 0.5) is 0 Å². The molecule has 0 atom stereocenters. The molecular weight excluding hydrogens is 109 g/mol. The Balaban J connectivity index is 3.50. The summed E-state index contributed by atoms with van der Waals surface area (Å²) in [4.78, 5) is 24.7. The molecule has 0 aromatic carbocycles. The van der Waals surface area contributed by atoms with Crippen LogP contribution in [-0.2, 0) is 0 Å². The highest BCUT2D eigenvalue weighted by Gasteiger charge is 1.77. The van der Waals surface area contributed by atoms with Crippen molar-refractivity contribution in [3.8, 4) is 0 Å². The monoisotopic (exact) mass is 113 g/mol. The van der Waals surface area contributed by atoms with Crippen LogP contribution >= 0.6 is 0 Å². The summed E-state index contributed by atoms with van der Waals surface area (Å²) in [6.45, 7) is 0. The Morgan fingerprint density at radius 2 is 2.12 bits per heavy atom. The number of aromatic nitrogens is 2. The third kappa shape index (κ3) is 0.841. The minimum absolute atomic E-state index is 0.381. The van der Waals surface area contributed by atoms with E-state index in [0.717, 1.165) is 0 Å². The zero-order chi connectivity index (χ0) is 5.98. The third-order valence-corrected chi connectivity index (χ3v) is 0.686. The van der Waals surface area contributed by atoms with Gasteiger partial charge < -0.3 is 4.98 Å². The van der Waals surface area contributed by atoms with Gasteiger partial charge in [0.05, 0.1) is 0 Å². The molecule has 1 aromatic rings. The first-order valence-corrected chi connectivity index (χ1v) is 2.07. The molecule has 4 heteroatoms. The fourth-order valence-electron chi connectivity index (χ4n) is 0.383. The molecule has 0 radical (unpaired) electrons. The Hall–Kier alpha value is -1.32. The van der Waals surface area contributed by atoms with Crippen LogP contribution in [0.15, 0.2) is 21.9 Å². The van der Waals surface area contributed by atoms with Gasteiger partial charge in [-0.25, -0.2) is 4.79 Å². The highest BCUT2D eigenvalue weighted by atomic mass is 16.2. The Morgan fingerprint density at radius 3 is 2.50 bits per heavy atom. The molecular formula is C4H4N2O2. The standard InChI is InChI=1S/C4H4N2O2/c7-3-1-2-5-4(8)6-3/h1-2H,(H2,5,6,7,8)/i4+1. The zero-order valence-electron chi connectivity index (χ0n) is 3.97. The average molecular weight is 113 g/mol. The van der Waals surface area contributed by atoms with Crippen molar-refractivity contribution >= 4 is 0 Å². The summed E-state index contributed by atoms with van der Waals surface area (Å²) in [7, 11) is 0. The van der Waals surface area contributed by atoms with Crippen molar-refractivity contribution in [2.45, 2.75) is 0 Å². The Labute approximate surface area is 44.2 Å². The van der Waals surface area contributed by atoms with E-state index in [1.54, 1.807) is 0 Å². The molecule has 0 unspecified atom stereocenters. The maximum atomic E-state index is 10.2. The van der Waals surface area contributed by atoms with Gasteiger partial charge in [-0.15, -0.1) is 0 Å². The predicted octanol–water partition coefficient (Wildman–Crippen LogP) is -0.937. The van der Waals surface area contributed by atoms with Crippen LogP contribution < -0.4 is 11.2 Å². The summed E-state index contributed by atoms with van der Waals surface area (Å²) in [5.74, 6) is 0. The fourth-order valence-corrected chi connectivity index (χ4v) is 0.383. The second kappa shape index (κ2) is 1.65. The van der Waals surface area contributed by atoms with Crippen molar-refractivity contribution in [1.29, 1.82) is 0 Å². The van der Waals surface area contributed by atoms with Gasteiger partial charge in [0.1, 0.15) is 0 Å². The largest absolute Gasteiger partial charge is 0.325 e. The normalized spacial score (nSPS) is 9.00. The van der Waals surface area contributed by atoms with Crippen molar-refractivity contribution < 1.29 is 0 Å². The lowest BCUT2D eigenvalue weighted by Gasteiger charge is -1.75. The third-order valence-electron chi connectivity index (χ3n) is 0.686. The lowest BCUT2D eigenvalue weighted by molar-refractivity contribution is 1.04. The predicted molar refractivity (Wildman–Crippen MR) is 27.7 cm³/mol. The summed E-state index contributed by atoms with van der Waals surface area (Å²) in [5, 5.41) is 0. The van der Waals surface area contributed by atoms with E-state index in [9.17, 15) is 9.59 Å². The van der Waals surface area contributed by atoms with Gasteiger partial charge in [-0.2, -0.15) is 0 Å². The number of hydrogen-bond acceptors (Lipinski definition) is 2. The molecule has 2 N–H and O–H groups in total. The maximum Gasteiger partial charge on any atom is 0.325 e. The topological polar surface area (TPSA) is 65.7 Å². The molecule has 4 nitrogen and oxygen atoms in total. The first-order chi connectivity index (χ1) is 3.79. The molecule has 0 aliphatic heterocycles. The first kappa shape index (κ1) is 4.83. The molecule has 0 fully saturated rings. The minimum atomic E-state index is -0.475. The van der Waals surface area contributed by atoms with Gasteiger partial charge in [0.25, 0.3) is 5.56 Å². The Bertz CT molecular complexity index is 246. The highest BCUT2D eigenvalue weighted by molar-refractivity contribution is 4.77. The van der Waals surface area contributed by atoms with Gasteiger partial charge in [-0.1, -0.05) is 0 Å². The summed E-state index contributed by atoms with van der Waals surface area (Å²) in [6.07, 6.45) is 1.29. The van der Waals surface area contributed by atoms with Gasteiger partial charge >= 0.3 is 5.69 Å². The molecule has 0 saturated carbocycles. The lowest BCUT2D eigenvalue weighted by Crippen LogP contribution is -2.19. The molecule has 42 valence electrons. The van der Waals surface area contributed by atoms with E-state index in [-0.39, 0.29) is 5.56 Å².